The van der Waals surface area contributed by atoms with Crippen molar-refractivity contribution in [3.05, 3.63) is 0 Å². The van der Waals surface area contributed by atoms with Crippen LogP contribution in [0, 0.1) is 11.3 Å². The summed E-state index contributed by atoms with van der Waals surface area (Å²) < 4.78 is 5.43. The highest BCUT2D eigenvalue weighted by Gasteiger charge is 2.66. The zero-order valence-corrected chi connectivity index (χ0v) is 5.80. The van der Waals surface area contributed by atoms with Gasteiger partial charge in [-0.1, -0.05) is 0 Å². The van der Waals surface area contributed by atoms with Gasteiger partial charge in [0.2, 0.25) is 0 Å². The fraction of sp³-hybridized carbons (Fsp3) is 0.875. The van der Waals surface area contributed by atoms with Crippen molar-refractivity contribution in [1.29, 1.82) is 0 Å². The Bertz CT molecular complexity index is 207. The van der Waals surface area contributed by atoms with Crippen molar-refractivity contribution in [2.45, 2.75) is 25.4 Å². The lowest BCUT2D eigenvalue weighted by Gasteiger charge is -2.37. The van der Waals surface area contributed by atoms with E-state index in [1.165, 1.54) is 0 Å². The summed E-state index contributed by atoms with van der Waals surface area (Å²) in [4.78, 5) is 11.3. The molecule has 2 saturated heterocycles. The molecule has 3 atom stereocenters. The molecule has 2 nitrogen and oxygen atoms in total. The van der Waals surface area contributed by atoms with Gasteiger partial charge in [0.1, 0.15) is 5.78 Å². The van der Waals surface area contributed by atoms with Gasteiger partial charge in [0, 0.05) is 12.3 Å². The highest BCUT2D eigenvalue weighted by atomic mass is 16.5. The molecule has 0 aromatic carbocycles. The van der Waals surface area contributed by atoms with E-state index < -0.39 is 0 Å². The zero-order valence-electron chi connectivity index (χ0n) is 5.80. The molecule has 0 N–H and O–H groups in total. The Hall–Kier alpha value is -0.370. The summed E-state index contributed by atoms with van der Waals surface area (Å²) >= 11 is 0. The lowest BCUT2D eigenvalue weighted by Crippen LogP contribution is -2.44. The molecule has 2 aliphatic heterocycles. The molecule has 0 aromatic rings. The number of ether oxygens (including phenoxy) is 1. The monoisotopic (exact) mass is 138 g/mol. The summed E-state index contributed by atoms with van der Waals surface area (Å²) in [7, 11) is 0. The van der Waals surface area contributed by atoms with Gasteiger partial charge >= 0.3 is 0 Å². The van der Waals surface area contributed by atoms with Gasteiger partial charge in [-0.25, -0.2) is 0 Å². The first-order valence-electron chi connectivity index (χ1n) is 3.98. The van der Waals surface area contributed by atoms with E-state index in [4.69, 9.17) is 4.74 Å². The van der Waals surface area contributed by atoms with Crippen LogP contribution in [0.5, 0.6) is 0 Å². The van der Waals surface area contributed by atoms with Crippen molar-refractivity contribution in [3.63, 3.8) is 0 Å². The second kappa shape index (κ2) is 1.30. The van der Waals surface area contributed by atoms with Crippen LogP contribution in [-0.4, -0.2) is 18.5 Å². The summed E-state index contributed by atoms with van der Waals surface area (Å²) in [6.07, 6.45) is 3.43. The molecule has 4 fully saturated rings. The molecule has 2 heteroatoms. The Balaban J connectivity index is 2.08. The van der Waals surface area contributed by atoms with Gasteiger partial charge in [-0.15, -0.1) is 0 Å². The van der Waals surface area contributed by atoms with Crippen LogP contribution in [-0.2, 0) is 9.53 Å². The summed E-state index contributed by atoms with van der Waals surface area (Å²) in [6.45, 7) is 0.737. The molecule has 2 aliphatic carbocycles. The van der Waals surface area contributed by atoms with Gasteiger partial charge in [0.25, 0.3) is 0 Å². The van der Waals surface area contributed by atoms with E-state index in [1.807, 2.05) is 0 Å². The molecule has 3 unspecified atom stereocenters. The van der Waals surface area contributed by atoms with Crippen LogP contribution in [0.25, 0.3) is 0 Å². The highest BCUT2D eigenvalue weighted by molar-refractivity contribution is 5.89. The van der Waals surface area contributed by atoms with Crippen LogP contribution in [0.2, 0.25) is 0 Å². The largest absolute Gasteiger partial charge is 0.377 e. The third-order valence-electron chi connectivity index (χ3n) is 3.52. The Morgan fingerprint density at radius 1 is 1.60 bits per heavy atom. The Morgan fingerprint density at radius 3 is 3.20 bits per heavy atom. The topological polar surface area (TPSA) is 26.3 Å². The van der Waals surface area contributed by atoms with Crippen LogP contribution >= 0.6 is 0 Å². The molecular weight excluding hydrogens is 128 g/mol. The maximum Gasteiger partial charge on any atom is 0.141 e. The van der Waals surface area contributed by atoms with Gasteiger partial charge in [-0.3, -0.25) is 4.79 Å². The normalized spacial score (nSPS) is 56.6. The van der Waals surface area contributed by atoms with E-state index in [9.17, 15) is 4.79 Å². The van der Waals surface area contributed by atoms with Gasteiger partial charge < -0.3 is 4.74 Å². The molecule has 54 valence electrons. The Morgan fingerprint density at radius 2 is 2.50 bits per heavy atom. The lowest BCUT2D eigenvalue weighted by atomic mass is 9.63. The van der Waals surface area contributed by atoms with E-state index in [1.54, 1.807) is 0 Å². The molecule has 10 heavy (non-hydrogen) atoms. The highest BCUT2D eigenvalue weighted by Crippen LogP contribution is 2.61. The maximum atomic E-state index is 11.3. The molecule has 0 radical (unpaired) electrons. The van der Waals surface area contributed by atoms with Crippen LogP contribution in [0.1, 0.15) is 19.3 Å². The van der Waals surface area contributed by atoms with Crippen molar-refractivity contribution >= 4 is 5.78 Å². The van der Waals surface area contributed by atoms with Crippen molar-refractivity contribution in [1.82, 2.24) is 0 Å². The number of carbonyl (C=O) groups is 1. The number of hydrogen-bond donors (Lipinski definition) is 0. The van der Waals surface area contributed by atoms with Crippen molar-refractivity contribution < 1.29 is 9.53 Å². The molecule has 4 rings (SSSR count). The van der Waals surface area contributed by atoms with Crippen molar-refractivity contribution in [2.24, 2.45) is 11.3 Å². The average molecular weight is 138 g/mol. The number of rotatable bonds is 0. The minimum atomic E-state index is 0.0463. The molecule has 1 spiro atoms. The number of carbonyl (C=O) groups excluding carboxylic acids is 1. The summed E-state index contributed by atoms with van der Waals surface area (Å²) in [5.74, 6) is 1.10. The zero-order chi connectivity index (χ0) is 6.77. The molecule has 2 heterocycles. The quantitative estimate of drug-likeness (QED) is 0.494. The van der Waals surface area contributed by atoms with Crippen molar-refractivity contribution in [2.75, 3.05) is 6.61 Å². The number of hydrogen-bond acceptors (Lipinski definition) is 2. The third-order valence-corrected chi connectivity index (χ3v) is 3.52. The summed E-state index contributed by atoms with van der Waals surface area (Å²) in [5, 5.41) is 0. The predicted octanol–water partition coefficient (Wildman–Crippen LogP) is 0.754. The van der Waals surface area contributed by atoms with E-state index in [-0.39, 0.29) is 5.41 Å². The summed E-state index contributed by atoms with van der Waals surface area (Å²) in [6, 6.07) is 0. The summed E-state index contributed by atoms with van der Waals surface area (Å²) in [5.41, 5.74) is 0.0463. The van der Waals surface area contributed by atoms with Gasteiger partial charge in [0.15, 0.2) is 0 Å². The second-order valence-corrected chi connectivity index (χ2v) is 3.78. The average Bonchev–Trinajstić information content (AvgIpc) is 2.45. The standard InChI is InChI=1S/C8H10O2/c9-7-2-1-5-6-3-8(5,7)4-10-6/h5-6H,1-4H2. The fourth-order valence-corrected chi connectivity index (χ4v) is 2.84. The molecule has 4 aliphatic rings. The third kappa shape index (κ3) is 0.335. The SMILES string of the molecule is O=C1CCC2C3CC12CO3. The number of fused-ring (bicyclic) bond motifs is 1. The first-order valence-corrected chi connectivity index (χ1v) is 3.98. The van der Waals surface area contributed by atoms with Gasteiger partial charge in [-0.2, -0.15) is 0 Å². The van der Waals surface area contributed by atoms with Crippen LogP contribution in [0.3, 0.4) is 0 Å². The Labute approximate surface area is 59.6 Å². The first kappa shape index (κ1) is 5.30. The van der Waals surface area contributed by atoms with E-state index in [0.29, 0.717) is 17.8 Å². The van der Waals surface area contributed by atoms with E-state index in [0.717, 1.165) is 25.9 Å². The minimum Gasteiger partial charge on any atom is -0.377 e. The molecule has 2 bridgehead atoms. The minimum absolute atomic E-state index is 0.0463. The predicted molar refractivity (Wildman–Crippen MR) is 34.5 cm³/mol. The maximum absolute atomic E-state index is 11.3. The van der Waals surface area contributed by atoms with Crippen molar-refractivity contribution in [3.8, 4) is 0 Å². The van der Waals surface area contributed by atoms with Gasteiger partial charge in [0.05, 0.1) is 18.1 Å². The first-order chi connectivity index (χ1) is 4.83. The smallest absolute Gasteiger partial charge is 0.141 e. The molecular formula is C8H10O2. The van der Waals surface area contributed by atoms with E-state index in [2.05, 4.69) is 0 Å². The number of Topliss-reactive ketones (excluding diaryl/α,β-unsaturated/α-hetero) is 1. The van der Waals surface area contributed by atoms with Crippen LogP contribution in [0.4, 0.5) is 0 Å². The number of ketones is 1. The van der Waals surface area contributed by atoms with Crippen LogP contribution in [0.15, 0.2) is 0 Å². The lowest BCUT2D eigenvalue weighted by molar-refractivity contribution is -0.128. The second-order valence-electron chi connectivity index (χ2n) is 3.78. The van der Waals surface area contributed by atoms with E-state index >= 15 is 0 Å². The van der Waals surface area contributed by atoms with Gasteiger partial charge in [-0.05, 0) is 12.8 Å². The fourth-order valence-electron chi connectivity index (χ4n) is 2.84. The Kier molecular flexibility index (Phi) is 0.691. The molecule has 0 aromatic heterocycles. The molecule has 2 saturated carbocycles. The van der Waals surface area contributed by atoms with Crippen LogP contribution < -0.4 is 0 Å². The molecule has 0 amide bonds.